The van der Waals surface area contributed by atoms with Crippen LogP contribution >= 0.6 is 0 Å². The first-order valence-corrected chi connectivity index (χ1v) is 12.6. The molecule has 206 valence electrons. The second-order valence-corrected chi connectivity index (χ2v) is 9.74. The van der Waals surface area contributed by atoms with Crippen molar-refractivity contribution in [1.82, 2.24) is 19.5 Å². The van der Waals surface area contributed by atoms with Gasteiger partial charge in [-0.3, -0.25) is 4.79 Å². The van der Waals surface area contributed by atoms with Crippen LogP contribution in [0.4, 0.5) is 26.0 Å². The molecule has 11 heteroatoms. The molecule has 9 nitrogen and oxygen atoms in total. The summed E-state index contributed by atoms with van der Waals surface area (Å²) in [5, 5.41) is 15.4. The van der Waals surface area contributed by atoms with Crippen LogP contribution in [-0.2, 0) is 16.9 Å². The summed E-state index contributed by atoms with van der Waals surface area (Å²) in [5.74, 6) is -2.35. The van der Waals surface area contributed by atoms with Gasteiger partial charge in [0.1, 0.15) is 36.0 Å². The van der Waals surface area contributed by atoms with E-state index in [1.165, 1.54) is 12.5 Å². The Morgan fingerprint density at radius 3 is 2.71 bits per heavy atom. The van der Waals surface area contributed by atoms with Crippen molar-refractivity contribution in [3.63, 3.8) is 0 Å². The van der Waals surface area contributed by atoms with Crippen LogP contribution in [-0.4, -0.2) is 32.5 Å². The first kappa shape index (κ1) is 27.4. The zero-order valence-electron chi connectivity index (χ0n) is 22.4. The van der Waals surface area contributed by atoms with Crippen LogP contribution < -0.4 is 10.6 Å². The van der Waals surface area contributed by atoms with Crippen molar-refractivity contribution in [2.75, 3.05) is 17.7 Å². The maximum absolute atomic E-state index is 15.7. The number of fused-ring (bicyclic) bond motifs is 1. The molecular weight excluding hydrogens is 528 g/mol. The summed E-state index contributed by atoms with van der Waals surface area (Å²) >= 11 is 0. The fraction of sp³-hybridized carbons (Fsp3) is 0.167. The standard InChI is InChI=1S/C30H25F2N7O2/c1-30(2,15-33)19-7-4-6-18(14-19)29(40)37-23-10-9-22(31)26(24(23)32)38-27-20(8-5-12-34-27)25-21-11-13-39(17-41-3)28(21)36-16-35-25/h4-14,16H,17H2,1-3H3,(H,34,38)(H,37,40). The van der Waals surface area contributed by atoms with Gasteiger partial charge in [0, 0.05) is 36.0 Å². The number of amides is 1. The Kier molecular flexibility index (Phi) is 7.42. The number of aromatic nitrogens is 4. The highest BCUT2D eigenvalue weighted by molar-refractivity contribution is 6.05. The minimum Gasteiger partial charge on any atom is -0.364 e. The molecule has 2 aromatic carbocycles. The second-order valence-electron chi connectivity index (χ2n) is 9.74. The highest BCUT2D eigenvalue weighted by Crippen LogP contribution is 2.35. The van der Waals surface area contributed by atoms with Crippen LogP contribution in [0.1, 0.15) is 29.8 Å². The topological polar surface area (TPSA) is 118 Å². The monoisotopic (exact) mass is 553 g/mol. The molecule has 0 radical (unpaired) electrons. The SMILES string of the molecule is COCn1ccc2c(-c3cccnc3Nc3c(F)ccc(NC(=O)c4cccc(C(C)(C)C#N)c4)c3F)ncnc21. The third kappa shape index (κ3) is 5.33. The number of methoxy groups -OCH3 is 1. The van der Waals surface area contributed by atoms with Crippen molar-refractivity contribution >= 4 is 34.1 Å². The molecule has 0 saturated carbocycles. The molecule has 1 amide bonds. The molecule has 3 aromatic heterocycles. The van der Waals surface area contributed by atoms with Gasteiger partial charge in [0.15, 0.2) is 5.82 Å². The van der Waals surface area contributed by atoms with E-state index in [0.717, 1.165) is 12.1 Å². The zero-order valence-corrected chi connectivity index (χ0v) is 22.4. The van der Waals surface area contributed by atoms with Gasteiger partial charge in [0.05, 0.1) is 22.9 Å². The quantitative estimate of drug-likeness (QED) is 0.236. The Hall–Kier alpha value is -5.21. The summed E-state index contributed by atoms with van der Waals surface area (Å²) in [5.41, 5.74) is 0.919. The van der Waals surface area contributed by atoms with Gasteiger partial charge in [-0.1, -0.05) is 12.1 Å². The van der Waals surface area contributed by atoms with Crippen LogP contribution in [0.5, 0.6) is 0 Å². The molecule has 3 heterocycles. The van der Waals surface area contributed by atoms with Crippen molar-refractivity contribution in [2.45, 2.75) is 26.0 Å². The number of anilines is 3. The number of pyridine rings is 1. The van der Waals surface area contributed by atoms with Crippen LogP contribution in [0, 0.1) is 23.0 Å². The molecule has 0 spiro atoms. The van der Waals surface area contributed by atoms with Crippen molar-refractivity contribution < 1.29 is 18.3 Å². The van der Waals surface area contributed by atoms with Crippen LogP contribution in [0.2, 0.25) is 0 Å². The van der Waals surface area contributed by atoms with E-state index in [0.29, 0.717) is 27.9 Å². The van der Waals surface area contributed by atoms with Gasteiger partial charge in [0.2, 0.25) is 0 Å². The minimum atomic E-state index is -1.01. The minimum absolute atomic E-state index is 0.153. The average Bonchev–Trinajstić information content (AvgIpc) is 3.40. The summed E-state index contributed by atoms with van der Waals surface area (Å²) in [6.45, 7) is 3.75. The largest absolute Gasteiger partial charge is 0.364 e. The van der Waals surface area contributed by atoms with E-state index in [4.69, 9.17) is 4.74 Å². The van der Waals surface area contributed by atoms with Crippen LogP contribution in [0.3, 0.4) is 0 Å². The van der Waals surface area contributed by atoms with Gasteiger partial charge in [-0.15, -0.1) is 0 Å². The predicted octanol–water partition coefficient (Wildman–Crippen LogP) is 6.17. The number of rotatable bonds is 8. The molecule has 41 heavy (non-hydrogen) atoms. The molecule has 0 atom stereocenters. The number of hydrogen-bond acceptors (Lipinski definition) is 7. The van der Waals surface area contributed by atoms with Gasteiger partial charge in [-0.05, 0) is 61.9 Å². The predicted molar refractivity (Wildman–Crippen MR) is 150 cm³/mol. The first-order chi connectivity index (χ1) is 19.7. The molecular formula is C30H25F2N7O2. The molecule has 5 rings (SSSR count). The van der Waals surface area contributed by atoms with Gasteiger partial charge in [0.25, 0.3) is 5.91 Å². The fourth-order valence-electron chi connectivity index (χ4n) is 4.35. The van der Waals surface area contributed by atoms with E-state index in [1.54, 1.807) is 68.1 Å². The van der Waals surface area contributed by atoms with E-state index in [1.807, 2.05) is 6.07 Å². The van der Waals surface area contributed by atoms with Crippen LogP contribution in [0.25, 0.3) is 22.3 Å². The number of halogens is 2. The normalized spacial score (nSPS) is 11.3. The summed E-state index contributed by atoms with van der Waals surface area (Å²) in [4.78, 5) is 26.0. The Morgan fingerprint density at radius 2 is 1.93 bits per heavy atom. The first-order valence-electron chi connectivity index (χ1n) is 12.6. The lowest BCUT2D eigenvalue weighted by Crippen LogP contribution is -2.17. The lowest BCUT2D eigenvalue weighted by Gasteiger charge is -2.17. The van der Waals surface area contributed by atoms with Crippen LogP contribution in [0.15, 0.2) is 73.3 Å². The molecule has 0 aliphatic carbocycles. The van der Waals surface area contributed by atoms with Gasteiger partial charge in [-0.25, -0.2) is 23.7 Å². The van der Waals surface area contributed by atoms with Gasteiger partial charge < -0.3 is 19.9 Å². The van der Waals surface area contributed by atoms with Gasteiger partial charge in [-0.2, -0.15) is 5.26 Å². The lowest BCUT2D eigenvalue weighted by molar-refractivity contribution is 0.102. The summed E-state index contributed by atoms with van der Waals surface area (Å²) < 4.78 is 37.6. The van der Waals surface area contributed by atoms with Crippen molar-refractivity contribution in [2.24, 2.45) is 0 Å². The molecule has 2 N–H and O–H groups in total. The number of benzene rings is 2. The summed E-state index contributed by atoms with van der Waals surface area (Å²) in [6.07, 6.45) is 4.68. The number of nitrogens with zero attached hydrogens (tertiary/aromatic N) is 5. The number of hydrogen-bond donors (Lipinski definition) is 2. The number of nitrogens with one attached hydrogen (secondary N) is 2. The Labute approximate surface area is 234 Å². The molecule has 5 aromatic rings. The summed E-state index contributed by atoms with van der Waals surface area (Å²) in [6, 6.07) is 16.1. The molecule has 0 saturated heterocycles. The molecule has 0 fully saturated rings. The average molecular weight is 554 g/mol. The van der Waals surface area contributed by atoms with E-state index >= 15 is 4.39 Å². The van der Waals surface area contributed by atoms with E-state index < -0.39 is 28.6 Å². The van der Waals surface area contributed by atoms with Crippen molar-refractivity contribution in [1.29, 1.82) is 5.26 Å². The number of ether oxygens (including phenoxy) is 1. The molecule has 0 aliphatic rings. The van der Waals surface area contributed by atoms with E-state index in [2.05, 4.69) is 31.7 Å². The fourth-order valence-corrected chi connectivity index (χ4v) is 4.35. The smallest absolute Gasteiger partial charge is 0.255 e. The van der Waals surface area contributed by atoms with E-state index in [-0.39, 0.29) is 23.8 Å². The zero-order chi connectivity index (χ0) is 29.1. The summed E-state index contributed by atoms with van der Waals surface area (Å²) in [7, 11) is 1.57. The van der Waals surface area contributed by atoms with Gasteiger partial charge >= 0.3 is 0 Å². The Morgan fingerprint density at radius 1 is 1.10 bits per heavy atom. The Bertz CT molecular complexity index is 1810. The maximum atomic E-state index is 15.7. The number of carbonyl (C=O) groups is 1. The number of nitriles is 1. The molecule has 0 bridgehead atoms. The maximum Gasteiger partial charge on any atom is 0.255 e. The third-order valence-corrected chi connectivity index (χ3v) is 6.60. The van der Waals surface area contributed by atoms with E-state index in [9.17, 15) is 14.4 Å². The third-order valence-electron chi connectivity index (χ3n) is 6.60. The van der Waals surface area contributed by atoms with Crippen molar-refractivity contribution in [3.8, 4) is 17.3 Å². The highest BCUT2D eigenvalue weighted by Gasteiger charge is 2.23. The number of carbonyl (C=O) groups excluding carboxylic acids is 1. The molecule has 0 unspecified atom stereocenters. The lowest BCUT2D eigenvalue weighted by atomic mass is 9.85. The van der Waals surface area contributed by atoms with Crippen molar-refractivity contribution in [3.05, 3.63) is 96.1 Å². The highest BCUT2D eigenvalue weighted by atomic mass is 19.1. The Balaban J connectivity index is 1.47. The second kappa shape index (κ2) is 11.1. The molecule has 0 aliphatic heterocycles.